The highest BCUT2D eigenvalue weighted by atomic mass is 32.1. The monoisotopic (exact) mass is 302 g/mol. The van der Waals surface area contributed by atoms with E-state index in [2.05, 4.69) is 5.32 Å². The normalized spacial score (nSPS) is 10.1. The van der Waals surface area contributed by atoms with Crippen molar-refractivity contribution in [3.63, 3.8) is 0 Å². The Morgan fingerprint density at radius 3 is 2.52 bits per heavy atom. The molecule has 0 heterocycles. The summed E-state index contributed by atoms with van der Waals surface area (Å²) in [7, 11) is 0. The Morgan fingerprint density at radius 2 is 1.90 bits per heavy atom. The molecule has 0 saturated carbocycles. The highest BCUT2D eigenvalue weighted by Crippen LogP contribution is 2.16. The van der Waals surface area contributed by atoms with Gasteiger partial charge in [-0.15, -0.1) is 0 Å². The van der Waals surface area contributed by atoms with Crippen LogP contribution in [-0.4, -0.2) is 10.9 Å². The number of aryl methyl sites for hydroxylation is 1. The fourth-order valence-electron chi connectivity index (χ4n) is 1.88. The molecule has 3 N–H and O–H groups in total. The van der Waals surface area contributed by atoms with Gasteiger partial charge in [0.15, 0.2) is 0 Å². The minimum atomic E-state index is -0.548. The van der Waals surface area contributed by atoms with Crippen LogP contribution in [0.4, 0.5) is 10.1 Å². The summed E-state index contributed by atoms with van der Waals surface area (Å²) in [5.74, 6) is -0.783. The molecule has 0 aromatic heterocycles. The Kier molecular flexibility index (Phi) is 5.00. The molecule has 0 radical (unpaired) electrons. The standard InChI is InChI=1S/C16H15FN2OS/c17-13-10-12(16(18)21)7-8-14(13)19-15(20)9-6-11-4-2-1-3-5-11/h1-5,7-8,10H,6,9H2,(H2,18,21)(H,19,20). The molecular formula is C16H15FN2OS. The number of halogens is 1. The van der Waals surface area contributed by atoms with Crippen molar-refractivity contribution in [1.29, 1.82) is 0 Å². The lowest BCUT2D eigenvalue weighted by Gasteiger charge is -2.08. The Hall–Kier alpha value is -2.27. The van der Waals surface area contributed by atoms with Crippen molar-refractivity contribution in [2.45, 2.75) is 12.8 Å². The van der Waals surface area contributed by atoms with E-state index in [1.807, 2.05) is 30.3 Å². The molecule has 0 aliphatic carbocycles. The van der Waals surface area contributed by atoms with Gasteiger partial charge in [-0.25, -0.2) is 4.39 Å². The summed E-state index contributed by atoms with van der Waals surface area (Å²) >= 11 is 4.77. The zero-order valence-corrected chi connectivity index (χ0v) is 12.1. The van der Waals surface area contributed by atoms with Crippen molar-refractivity contribution in [1.82, 2.24) is 0 Å². The fourth-order valence-corrected chi connectivity index (χ4v) is 2.01. The third kappa shape index (κ3) is 4.36. The molecule has 0 unspecified atom stereocenters. The molecule has 2 aromatic carbocycles. The number of nitrogens with two attached hydrogens (primary N) is 1. The number of rotatable bonds is 5. The molecule has 2 aromatic rings. The van der Waals surface area contributed by atoms with Crippen LogP contribution in [-0.2, 0) is 11.2 Å². The van der Waals surface area contributed by atoms with E-state index in [0.717, 1.165) is 5.56 Å². The number of carbonyl (C=O) groups is 1. The predicted octanol–water partition coefficient (Wildman–Crippen LogP) is 3.03. The summed E-state index contributed by atoms with van der Waals surface area (Å²) in [5.41, 5.74) is 7.06. The summed E-state index contributed by atoms with van der Waals surface area (Å²) in [6.45, 7) is 0. The van der Waals surface area contributed by atoms with Crippen LogP contribution >= 0.6 is 12.2 Å². The molecule has 0 fully saturated rings. The maximum absolute atomic E-state index is 13.8. The molecule has 3 nitrogen and oxygen atoms in total. The van der Waals surface area contributed by atoms with Crippen molar-refractivity contribution in [2.75, 3.05) is 5.32 Å². The van der Waals surface area contributed by atoms with Crippen molar-refractivity contribution >= 4 is 28.8 Å². The van der Waals surface area contributed by atoms with Crippen LogP contribution in [0.15, 0.2) is 48.5 Å². The zero-order chi connectivity index (χ0) is 15.2. The molecule has 108 valence electrons. The van der Waals surface area contributed by atoms with Gasteiger partial charge in [-0.05, 0) is 30.2 Å². The third-order valence-corrected chi connectivity index (χ3v) is 3.25. The minimum Gasteiger partial charge on any atom is -0.389 e. The predicted molar refractivity (Wildman–Crippen MR) is 85.7 cm³/mol. The summed E-state index contributed by atoms with van der Waals surface area (Å²) in [6.07, 6.45) is 0.903. The molecule has 0 spiro atoms. The second-order valence-electron chi connectivity index (χ2n) is 4.59. The number of hydrogen-bond donors (Lipinski definition) is 2. The Morgan fingerprint density at radius 1 is 1.19 bits per heavy atom. The molecule has 1 amide bonds. The number of amides is 1. The number of thiocarbonyl (C=S) groups is 1. The van der Waals surface area contributed by atoms with E-state index in [4.69, 9.17) is 18.0 Å². The third-order valence-electron chi connectivity index (χ3n) is 3.01. The summed E-state index contributed by atoms with van der Waals surface area (Å²) in [6, 6.07) is 13.9. The Bertz CT molecular complexity index is 659. The number of hydrogen-bond acceptors (Lipinski definition) is 2. The van der Waals surface area contributed by atoms with Crippen LogP contribution in [0.2, 0.25) is 0 Å². The Balaban J connectivity index is 1.95. The summed E-state index contributed by atoms with van der Waals surface area (Å²) in [4.78, 5) is 11.9. The molecule has 0 atom stereocenters. The highest BCUT2D eigenvalue weighted by Gasteiger charge is 2.09. The van der Waals surface area contributed by atoms with Gasteiger partial charge < -0.3 is 11.1 Å². The second-order valence-corrected chi connectivity index (χ2v) is 5.03. The van der Waals surface area contributed by atoms with Gasteiger partial charge in [0.2, 0.25) is 5.91 Å². The fraction of sp³-hybridized carbons (Fsp3) is 0.125. The Labute approximate surface area is 128 Å². The molecule has 5 heteroatoms. The van der Waals surface area contributed by atoms with Crippen LogP contribution in [0.3, 0.4) is 0 Å². The smallest absolute Gasteiger partial charge is 0.224 e. The summed E-state index contributed by atoms with van der Waals surface area (Å²) in [5, 5.41) is 2.55. The van der Waals surface area contributed by atoms with Crippen molar-refractivity contribution in [3.05, 3.63) is 65.5 Å². The van der Waals surface area contributed by atoms with Gasteiger partial charge in [-0.2, -0.15) is 0 Å². The van der Waals surface area contributed by atoms with Gasteiger partial charge >= 0.3 is 0 Å². The van der Waals surface area contributed by atoms with E-state index in [1.54, 1.807) is 6.07 Å². The molecule has 0 bridgehead atoms. The van der Waals surface area contributed by atoms with Crippen LogP contribution in [0.1, 0.15) is 17.5 Å². The van der Waals surface area contributed by atoms with Crippen molar-refractivity contribution in [3.8, 4) is 0 Å². The maximum atomic E-state index is 13.8. The molecular weight excluding hydrogens is 287 g/mol. The lowest BCUT2D eigenvalue weighted by Crippen LogP contribution is -2.15. The molecule has 21 heavy (non-hydrogen) atoms. The van der Waals surface area contributed by atoms with E-state index in [0.29, 0.717) is 18.4 Å². The van der Waals surface area contributed by atoms with Crippen LogP contribution in [0.25, 0.3) is 0 Å². The van der Waals surface area contributed by atoms with Crippen molar-refractivity contribution in [2.24, 2.45) is 5.73 Å². The number of anilines is 1. The van der Waals surface area contributed by atoms with E-state index in [1.165, 1.54) is 12.1 Å². The van der Waals surface area contributed by atoms with Crippen LogP contribution in [0, 0.1) is 5.82 Å². The first-order valence-electron chi connectivity index (χ1n) is 6.49. The molecule has 0 aliphatic rings. The first-order chi connectivity index (χ1) is 10.1. The SMILES string of the molecule is NC(=S)c1ccc(NC(=O)CCc2ccccc2)c(F)c1. The number of benzene rings is 2. The van der Waals surface area contributed by atoms with Gasteiger partial charge in [0.1, 0.15) is 10.8 Å². The van der Waals surface area contributed by atoms with E-state index in [9.17, 15) is 9.18 Å². The lowest BCUT2D eigenvalue weighted by molar-refractivity contribution is -0.116. The average molecular weight is 302 g/mol. The van der Waals surface area contributed by atoms with Gasteiger partial charge in [0, 0.05) is 12.0 Å². The van der Waals surface area contributed by atoms with Gasteiger partial charge in [-0.3, -0.25) is 4.79 Å². The van der Waals surface area contributed by atoms with Gasteiger partial charge in [0.05, 0.1) is 5.69 Å². The quantitative estimate of drug-likeness (QED) is 0.835. The van der Waals surface area contributed by atoms with Crippen LogP contribution < -0.4 is 11.1 Å². The van der Waals surface area contributed by atoms with Gasteiger partial charge in [-0.1, -0.05) is 42.5 Å². The lowest BCUT2D eigenvalue weighted by atomic mass is 10.1. The van der Waals surface area contributed by atoms with Gasteiger partial charge in [0.25, 0.3) is 0 Å². The number of nitrogens with one attached hydrogen (secondary N) is 1. The number of carbonyl (C=O) groups excluding carboxylic acids is 1. The topological polar surface area (TPSA) is 55.1 Å². The maximum Gasteiger partial charge on any atom is 0.224 e. The first kappa shape index (κ1) is 15.1. The van der Waals surface area contributed by atoms with E-state index in [-0.39, 0.29) is 16.6 Å². The van der Waals surface area contributed by atoms with E-state index >= 15 is 0 Å². The van der Waals surface area contributed by atoms with E-state index < -0.39 is 5.82 Å². The molecule has 2 rings (SSSR count). The van der Waals surface area contributed by atoms with Crippen molar-refractivity contribution < 1.29 is 9.18 Å². The molecule has 0 aliphatic heterocycles. The first-order valence-corrected chi connectivity index (χ1v) is 6.90. The minimum absolute atomic E-state index is 0.121. The average Bonchev–Trinajstić information content (AvgIpc) is 2.48. The second kappa shape index (κ2) is 6.95. The largest absolute Gasteiger partial charge is 0.389 e. The molecule has 0 saturated heterocycles. The highest BCUT2D eigenvalue weighted by molar-refractivity contribution is 7.80. The van der Waals surface area contributed by atoms with Crippen LogP contribution in [0.5, 0.6) is 0 Å². The zero-order valence-electron chi connectivity index (χ0n) is 11.3. The summed E-state index contributed by atoms with van der Waals surface area (Å²) < 4.78 is 13.8.